The van der Waals surface area contributed by atoms with Crippen molar-refractivity contribution in [3.63, 3.8) is 0 Å². The Bertz CT molecular complexity index is 761. The zero-order valence-electron chi connectivity index (χ0n) is 13.4. The lowest BCUT2D eigenvalue weighted by atomic mass is 9.86. The lowest BCUT2D eigenvalue weighted by Gasteiger charge is -2.24. The van der Waals surface area contributed by atoms with E-state index in [0.717, 1.165) is 5.69 Å². The van der Waals surface area contributed by atoms with Crippen molar-refractivity contribution in [2.75, 3.05) is 0 Å². The smallest absolute Gasteiger partial charge is 0.0922 e. The van der Waals surface area contributed by atoms with Crippen LogP contribution in [0.4, 0.5) is 0 Å². The maximum Gasteiger partial charge on any atom is 0.0922 e. The van der Waals surface area contributed by atoms with Gasteiger partial charge in [-0.05, 0) is 42.8 Å². The average Bonchev–Trinajstić information content (AvgIpc) is 3.07. The van der Waals surface area contributed by atoms with E-state index in [-0.39, 0.29) is 5.41 Å². The lowest BCUT2D eigenvalue weighted by Crippen LogP contribution is -2.22. The van der Waals surface area contributed by atoms with Gasteiger partial charge in [0.2, 0.25) is 0 Å². The van der Waals surface area contributed by atoms with E-state index >= 15 is 0 Å². The summed E-state index contributed by atoms with van der Waals surface area (Å²) in [7, 11) is 2.15. The van der Waals surface area contributed by atoms with Gasteiger partial charge in [-0.15, -0.1) is 0 Å². The van der Waals surface area contributed by atoms with E-state index in [1.807, 2.05) is 6.20 Å². The monoisotopic (exact) mass is 281 g/mol. The van der Waals surface area contributed by atoms with Gasteiger partial charge in [0.05, 0.1) is 6.33 Å². The van der Waals surface area contributed by atoms with Crippen LogP contribution in [0.2, 0.25) is 0 Å². The van der Waals surface area contributed by atoms with E-state index in [9.17, 15) is 0 Å². The first kappa shape index (κ1) is 13.9. The SMILES string of the molecule is CC(C)c1ccc2cc(C(C)(C)c3cnc[nH]3)n(C)c2c1. The second-order valence-electron chi connectivity index (χ2n) is 6.65. The molecule has 0 fully saturated rings. The van der Waals surface area contributed by atoms with Crippen LogP contribution < -0.4 is 0 Å². The molecule has 110 valence electrons. The van der Waals surface area contributed by atoms with E-state index in [0.29, 0.717) is 5.92 Å². The third kappa shape index (κ3) is 2.17. The fraction of sp³-hybridized carbons (Fsp3) is 0.389. The average molecular weight is 281 g/mol. The number of imidazole rings is 1. The third-order valence-electron chi connectivity index (χ3n) is 4.55. The molecule has 0 bridgehead atoms. The summed E-state index contributed by atoms with van der Waals surface area (Å²) in [6.45, 7) is 8.94. The molecule has 3 aromatic rings. The van der Waals surface area contributed by atoms with Crippen molar-refractivity contribution < 1.29 is 0 Å². The number of aryl methyl sites for hydroxylation is 1. The van der Waals surface area contributed by atoms with Gasteiger partial charge >= 0.3 is 0 Å². The van der Waals surface area contributed by atoms with Crippen molar-refractivity contribution in [3.8, 4) is 0 Å². The van der Waals surface area contributed by atoms with Gasteiger partial charge in [-0.3, -0.25) is 0 Å². The van der Waals surface area contributed by atoms with Crippen LogP contribution >= 0.6 is 0 Å². The minimum absolute atomic E-state index is 0.0950. The first-order chi connectivity index (χ1) is 9.91. The Morgan fingerprint density at radius 2 is 1.95 bits per heavy atom. The molecule has 0 spiro atoms. The van der Waals surface area contributed by atoms with Crippen LogP contribution in [0, 0.1) is 0 Å². The number of aromatic nitrogens is 3. The van der Waals surface area contributed by atoms with Crippen LogP contribution in [0.1, 0.15) is 50.6 Å². The van der Waals surface area contributed by atoms with E-state index in [4.69, 9.17) is 0 Å². The second-order valence-corrected chi connectivity index (χ2v) is 6.65. The Kier molecular flexibility index (Phi) is 3.16. The Morgan fingerprint density at radius 3 is 2.57 bits per heavy atom. The van der Waals surface area contributed by atoms with Gasteiger partial charge in [0.25, 0.3) is 0 Å². The van der Waals surface area contributed by atoms with Crippen molar-refractivity contribution in [3.05, 3.63) is 53.7 Å². The molecule has 0 unspecified atom stereocenters. The van der Waals surface area contributed by atoms with Gasteiger partial charge in [-0.2, -0.15) is 0 Å². The van der Waals surface area contributed by atoms with Gasteiger partial charge in [-0.25, -0.2) is 4.98 Å². The maximum atomic E-state index is 4.17. The van der Waals surface area contributed by atoms with Crippen molar-refractivity contribution in [2.45, 2.75) is 39.0 Å². The van der Waals surface area contributed by atoms with Crippen molar-refractivity contribution >= 4 is 10.9 Å². The van der Waals surface area contributed by atoms with Gasteiger partial charge in [-0.1, -0.05) is 26.0 Å². The molecule has 0 radical (unpaired) electrons. The predicted molar refractivity (Wildman–Crippen MR) is 87.7 cm³/mol. The Hall–Kier alpha value is -2.03. The number of hydrogen-bond donors (Lipinski definition) is 1. The molecule has 0 amide bonds. The maximum absolute atomic E-state index is 4.17. The first-order valence-electron chi connectivity index (χ1n) is 7.50. The molecule has 21 heavy (non-hydrogen) atoms. The molecule has 0 saturated heterocycles. The van der Waals surface area contributed by atoms with Gasteiger partial charge < -0.3 is 9.55 Å². The van der Waals surface area contributed by atoms with Crippen LogP contribution in [0.5, 0.6) is 0 Å². The van der Waals surface area contributed by atoms with Crippen LogP contribution in [0.15, 0.2) is 36.8 Å². The third-order valence-corrected chi connectivity index (χ3v) is 4.55. The molecular formula is C18H23N3. The highest BCUT2D eigenvalue weighted by Crippen LogP contribution is 2.34. The van der Waals surface area contributed by atoms with Crippen LogP contribution in [0.25, 0.3) is 10.9 Å². The predicted octanol–water partition coefficient (Wildman–Crippen LogP) is 4.35. The number of hydrogen-bond acceptors (Lipinski definition) is 1. The first-order valence-corrected chi connectivity index (χ1v) is 7.50. The summed E-state index contributed by atoms with van der Waals surface area (Å²) < 4.78 is 2.31. The van der Waals surface area contributed by atoms with Gasteiger partial charge in [0.15, 0.2) is 0 Å². The Labute approximate surface area is 126 Å². The lowest BCUT2D eigenvalue weighted by molar-refractivity contribution is 0.575. The number of aromatic amines is 1. The fourth-order valence-corrected chi connectivity index (χ4v) is 3.04. The van der Waals surface area contributed by atoms with E-state index in [1.165, 1.54) is 22.2 Å². The molecule has 3 nitrogen and oxygen atoms in total. The molecule has 1 aromatic carbocycles. The highest BCUT2D eigenvalue weighted by molar-refractivity contribution is 5.82. The fourth-order valence-electron chi connectivity index (χ4n) is 3.04. The summed E-state index contributed by atoms with van der Waals surface area (Å²) in [4.78, 5) is 7.42. The molecule has 2 heterocycles. The topological polar surface area (TPSA) is 33.6 Å². The number of rotatable bonds is 3. The Balaban J connectivity index is 2.18. The van der Waals surface area contributed by atoms with E-state index < -0.39 is 0 Å². The summed E-state index contributed by atoms with van der Waals surface area (Å²) in [6, 6.07) is 9.07. The minimum Gasteiger partial charge on any atom is -0.348 e. The molecular weight excluding hydrogens is 258 g/mol. The molecule has 0 aliphatic rings. The largest absolute Gasteiger partial charge is 0.348 e. The minimum atomic E-state index is -0.0950. The summed E-state index contributed by atoms with van der Waals surface area (Å²) in [5, 5.41) is 1.30. The number of nitrogens with zero attached hydrogens (tertiary/aromatic N) is 2. The highest BCUT2D eigenvalue weighted by Gasteiger charge is 2.28. The zero-order chi connectivity index (χ0) is 15.2. The van der Waals surface area contributed by atoms with Crippen molar-refractivity contribution in [1.82, 2.24) is 14.5 Å². The number of H-pyrrole nitrogens is 1. The summed E-state index contributed by atoms with van der Waals surface area (Å²) in [5.41, 5.74) is 5.01. The number of fused-ring (bicyclic) bond motifs is 1. The molecule has 0 atom stereocenters. The Morgan fingerprint density at radius 1 is 1.19 bits per heavy atom. The van der Waals surface area contributed by atoms with Gasteiger partial charge in [0, 0.05) is 35.6 Å². The van der Waals surface area contributed by atoms with E-state index in [1.54, 1.807) is 6.33 Å². The summed E-state index contributed by atoms with van der Waals surface area (Å²) in [6.07, 6.45) is 3.66. The molecule has 1 N–H and O–H groups in total. The molecule has 0 aliphatic heterocycles. The van der Waals surface area contributed by atoms with Crippen LogP contribution in [-0.4, -0.2) is 14.5 Å². The molecule has 3 heteroatoms. The summed E-state index contributed by atoms with van der Waals surface area (Å²) >= 11 is 0. The van der Waals surface area contributed by atoms with Crippen LogP contribution in [-0.2, 0) is 12.5 Å². The van der Waals surface area contributed by atoms with Crippen LogP contribution in [0.3, 0.4) is 0 Å². The number of benzene rings is 1. The second kappa shape index (κ2) is 4.76. The molecule has 3 rings (SSSR count). The zero-order valence-corrected chi connectivity index (χ0v) is 13.4. The van der Waals surface area contributed by atoms with E-state index in [2.05, 4.69) is 73.5 Å². The summed E-state index contributed by atoms with van der Waals surface area (Å²) in [5.74, 6) is 0.549. The molecule has 0 saturated carbocycles. The van der Waals surface area contributed by atoms with Crippen molar-refractivity contribution in [1.29, 1.82) is 0 Å². The van der Waals surface area contributed by atoms with Crippen molar-refractivity contribution in [2.24, 2.45) is 7.05 Å². The normalized spacial score (nSPS) is 12.5. The quantitative estimate of drug-likeness (QED) is 0.760. The highest BCUT2D eigenvalue weighted by atomic mass is 15.0. The van der Waals surface area contributed by atoms with Gasteiger partial charge in [0.1, 0.15) is 0 Å². The molecule has 0 aliphatic carbocycles. The number of nitrogens with one attached hydrogen (secondary N) is 1. The molecule has 2 aromatic heterocycles. The standard InChI is InChI=1S/C18H23N3/c1-12(2)13-6-7-14-9-17(21(5)15(14)8-13)18(3,4)16-10-19-11-20-16/h6-12H,1-5H3,(H,19,20).